The Labute approximate surface area is 128 Å². The molecule has 0 radical (unpaired) electrons. The van der Waals surface area contributed by atoms with Crippen molar-refractivity contribution >= 4 is 28.7 Å². The zero-order valence-corrected chi connectivity index (χ0v) is 13.2. The van der Waals surface area contributed by atoms with Gasteiger partial charge in [0.1, 0.15) is 17.4 Å². The predicted molar refractivity (Wildman–Crippen MR) is 79.5 cm³/mol. The van der Waals surface area contributed by atoms with Crippen molar-refractivity contribution in [3.63, 3.8) is 0 Å². The third-order valence-electron chi connectivity index (χ3n) is 3.27. The SMILES string of the molecule is COC(=O)C(C(C)C)n1c(CCl)nc2ccc(OC)nc21. The Bertz CT molecular complexity index is 654. The standard InChI is InChI=1S/C14H18ClN3O3/c1-8(2)12(14(19)21-4)18-10(7-15)16-9-5-6-11(20-3)17-13(9)18/h5-6,8,12H,7H2,1-4H3. The van der Waals surface area contributed by atoms with Crippen LogP contribution in [0.3, 0.4) is 0 Å². The molecule has 2 aromatic heterocycles. The highest BCUT2D eigenvalue weighted by Crippen LogP contribution is 2.28. The van der Waals surface area contributed by atoms with Gasteiger partial charge in [-0.25, -0.2) is 9.78 Å². The van der Waals surface area contributed by atoms with Crippen molar-refractivity contribution in [2.45, 2.75) is 25.8 Å². The van der Waals surface area contributed by atoms with Crippen molar-refractivity contribution in [3.05, 3.63) is 18.0 Å². The van der Waals surface area contributed by atoms with E-state index in [1.807, 2.05) is 13.8 Å². The van der Waals surface area contributed by atoms with Gasteiger partial charge in [-0.3, -0.25) is 4.57 Å². The number of pyridine rings is 1. The molecular weight excluding hydrogens is 294 g/mol. The lowest BCUT2D eigenvalue weighted by Gasteiger charge is -2.22. The Kier molecular flexibility index (Phi) is 4.67. The average molecular weight is 312 g/mol. The molecule has 0 aliphatic carbocycles. The first-order valence-electron chi connectivity index (χ1n) is 6.59. The molecule has 2 heterocycles. The molecule has 0 fully saturated rings. The second kappa shape index (κ2) is 6.30. The number of aromatic nitrogens is 3. The van der Waals surface area contributed by atoms with Crippen LogP contribution in [0, 0.1) is 5.92 Å². The summed E-state index contributed by atoms with van der Waals surface area (Å²) in [5.41, 5.74) is 1.23. The van der Waals surface area contributed by atoms with Crippen LogP contribution in [0.1, 0.15) is 25.7 Å². The lowest BCUT2D eigenvalue weighted by Crippen LogP contribution is -2.27. The van der Waals surface area contributed by atoms with Crippen LogP contribution in [0.25, 0.3) is 11.2 Å². The third kappa shape index (κ3) is 2.81. The maximum atomic E-state index is 12.1. The van der Waals surface area contributed by atoms with E-state index in [-0.39, 0.29) is 17.8 Å². The molecule has 0 N–H and O–H groups in total. The normalized spacial score (nSPS) is 12.7. The quantitative estimate of drug-likeness (QED) is 0.627. The Hall–Kier alpha value is -1.82. The number of imidazole rings is 1. The summed E-state index contributed by atoms with van der Waals surface area (Å²) in [5.74, 6) is 0.873. The summed E-state index contributed by atoms with van der Waals surface area (Å²) < 4.78 is 11.8. The fraction of sp³-hybridized carbons (Fsp3) is 0.500. The molecule has 0 saturated carbocycles. The molecule has 1 unspecified atom stereocenters. The molecule has 2 aromatic rings. The van der Waals surface area contributed by atoms with E-state index >= 15 is 0 Å². The molecule has 0 aromatic carbocycles. The second-order valence-electron chi connectivity index (χ2n) is 4.94. The van der Waals surface area contributed by atoms with Crippen LogP contribution < -0.4 is 4.74 Å². The van der Waals surface area contributed by atoms with E-state index in [4.69, 9.17) is 21.1 Å². The van der Waals surface area contributed by atoms with Crippen molar-refractivity contribution in [1.82, 2.24) is 14.5 Å². The highest BCUT2D eigenvalue weighted by atomic mass is 35.5. The first-order valence-corrected chi connectivity index (χ1v) is 7.12. The number of methoxy groups -OCH3 is 2. The number of ether oxygens (including phenoxy) is 2. The summed E-state index contributed by atoms with van der Waals surface area (Å²) in [6, 6.07) is 2.98. The maximum absolute atomic E-state index is 12.1. The Morgan fingerprint density at radius 3 is 2.57 bits per heavy atom. The number of hydrogen-bond donors (Lipinski definition) is 0. The number of esters is 1. The molecule has 0 amide bonds. The monoisotopic (exact) mass is 311 g/mol. The van der Waals surface area contributed by atoms with E-state index in [0.717, 1.165) is 0 Å². The van der Waals surface area contributed by atoms with Crippen molar-refractivity contribution in [1.29, 1.82) is 0 Å². The molecule has 1 atom stereocenters. The average Bonchev–Trinajstić information content (AvgIpc) is 2.84. The lowest BCUT2D eigenvalue weighted by atomic mass is 10.0. The molecular formula is C14H18ClN3O3. The zero-order valence-electron chi connectivity index (χ0n) is 12.5. The number of rotatable bonds is 5. The Balaban J connectivity index is 2.71. The summed E-state index contributed by atoms with van der Waals surface area (Å²) in [7, 11) is 2.91. The van der Waals surface area contributed by atoms with Crippen LogP contribution in [-0.4, -0.2) is 34.7 Å². The molecule has 0 aliphatic heterocycles. The lowest BCUT2D eigenvalue weighted by molar-refractivity contribution is -0.146. The highest BCUT2D eigenvalue weighted by Gasteiger charge is 2.29. The molecule has 0 saturated heterocycles. The molecule has 0 bridgehead atoms. The fourth-order valence-corrected chi connectivity index (χ4v) is 2.49. The molecule has 2 rings (SSSR count). The number of hydrogen-bond acceptors (Lipinski definition) is 5. The van der Waals surface area contributed by atoms with Crippen LogP contribution in [0.4, 0.5) is 0 Å². The number of carbonyl (C=O) groups excluding carboxylic acids is 1. The zero-order chi connectivity index (χ0) is 15.6. The minimum Gasteiger partial charge on any atom is -0.481 e. The fourth-order valence-electron chi connectivity index (χ4n) is 2.30. The predicted octanol–water partition coefficient (Wildman–Crippen LogP) is 2.55. The van der Waals surface area contributed by atoms with E-state index < -0.39 is 6.04 Å². The van der Waals surface area contributed by atoms with Crippen LogP contribution in [-0.2, 0) is 15.4 Å². The van der Waals surface area contributed by atoms with Crippen LogP contribution in [0.2, 0.25) is 0 Å². The highest BCUT2D eigenvalue weighted by molar-refractivity contribution is 6.16. The third-order valence-corrected chi connectivity index (χ3v) is 3.50. The maximum Gasteiger partial charge on any atom is 0.329 e. The van der Waals surface area contributed by atoms with Crippen LogP contribution >= 0.6 is 11.6 Å². The van der Waals surface area contributed by atoms with Crippen LogP contribution in [0.5, 0.6) is 5.88 Å². The second-order valence-corrected chi connectivity index (χ2v) is 5.21. The summed E-state index contributed by atoms with van der Waals surface area (Å²) in [4.78, 5) is 21.0. The number of halogens is 1. The molecule has 21 heavy (non-hydrogen) atoms. The number of nitrogens with zero attached hydrogens (tertiary/aromatic N) is 3. The molecule has 114 valence electrons. The number of fused-ring (bicyclic) bond motifs is 1. The first kappa shape index (κ1) is 15.6. The van der Waals surface area contributed by atoms with Gasteiger partial charge in [0.05, 0.1) is 20.1 Å². The van der Waals surface area contributed by atoms with Gasteiger partial charge < -0.3 is 9.47 Å². The van der Waals surface area contributed by atoms with E-state index in [1.54, 1.807) is 16.7 Å². The Morgan fingerprint density at radius 2 is 2.05 bits per heavy atom. The van der Waals surface area contributed by atoms with E-state index in [9.17, 15) is 4.79 Å². The van der Waals surface area contributed by atoms with Crippen molar-refractivity contribution in [2.75, 3.05) is 14.2 Å². The largest absolute Gasteiger partial charge is 0.481 e. The molecule has 7 heteroatoms. The van der Waals surface area contributed by atoms with Gasteiger partial charge in [-0.15, -0.1) is 11.6 Å². The van der Waals surface area contributed by atoms with Crippen molar-refractivity contribution in [3.8, 4) is 5.88 Å². The van der Waals surface area contributed by atoms with Gasteiger partial charge in [-0.05, 0) is 12.0 Å². The van der Waals surface area contributed by atoms with Crippen molar-refractivity contribution in [2.24, 2.45) is 5.92 Å². The summed E-state index contributed by atoms with van der Waals surface area (Å²) in [6.07, 6.45) is 0. The smallest absolute Gasteiger partial charge is 0.329 e. The molecule has 0 aliphatic rings. The van der Waals surface area contributed by atoms with Gasteiger partial charge >= 0.3 is 5.97 Å². The van der Waals surface area contributed by atoms with Crippen LogP contribution in [0.15, 0.2) is 12.1 Å². The minimum absolute atomic E-state index is 0.00446. The first-order chi connectivity index (χ1) is 10.0. The van der Waals surface area contributed by atoms with Gasteiger partial charge in [0.2, 0.25) is 5.88 Å². The number of alkyl halides is 1. The number of carbonyl (C=O) groups is 1. The van der Waals surface area contributed by atoms with E-state index in [1.165, 1.54) is 14.2 Å². The van der Waals surface area contributed by atoms with Gasteiger partial charge in [-0.1, -0.05) is 13.8 Å². The van der Waals surface area contributed by atoms with Gasteiger partial charge in [0.15, 0.2) is 5.65 Å². The molecule has 6 nitrogen and oxygen atoms in total. The topological polar surface area (TPSA) is 66.2 Å². The van der Waals surface area contributed by atoms with Gasteiger partial charge in [-0.2, -0.15) is 4.98 Å². The summed E-state index contributed by atoms with van der Waals surface area (Å²) >= 11 is 5.98. The van der Waals surface area contributed by atoms with Gasteiger partial charge in [0, 0.05) is 6.07 Å². The Morgan fingerprint density at radius 1 is 1.33 bits per heavy atom. The summed E-state index contributed by atoms with van der Waals surface area (Å²) in [5, 5.41) is 0. The minimum atomic E-state index is -0.534. The van der Waals surface area contributed by atoms with Crippen molar-refractivity contribution < 1.29 is 14.3 Å². The van der Waals surface area contributed by atoms with E-state index in [2.05, 4.69) is 9.97 Å². The molecule has 0 spiro atoms. The van der Waals surface area contributed by atoms with Gasteiger partial charge in [0.25, 0.3) is 0 Å². The van der Waals surface area contributed by atoms with E-state index in [0.29, 0.717) is 22.9 Å². The summed E-state index contributed by atoms with van der Waals surface area (Å²) in [6.45, 7) is 3.87.